The Morgan fingerprint density at radius 1 is 0.789 bits per heavy atom. The summed E-state index contributed by atoms with van der Waals surface area (Å²) in [5.74, 6) is -4.23. The first-order valence-electron chi connectivity index (χ1n) is 11.8. The van der Waals surface area contributed by atoms with Crippen molar-refractivity contribution in [3.8, 4) is 11.1 Å². The molecule has 1 unspecified atom stereocenters. The van der Waals surface area contributed by atoms with E-state index in [0.717, 1.165) is 22.3 Å². The van der Waals surface area contributed by atoms with Gasteiger partial charge in [0, 0.05) is 5.92 Å². The smallest absolute Gasteiger partial charge is 0.408 e. The molecule has 10 heteroatoms. The summed E-state index contributed by atoms with van der Waals surface area (Å²) in [7, 11) is 0. The average molecular weight is 519 g/mol. The van der Waals surface area contributed by atoms with Gasteiger partial charge in [0.1, 0.15) is 19.3 Å². The summed E-state index contributed by atoms with van der Waals surface area (Å²) in [5.41, 5.74) is 4.59. The lowest BCUT2D eigenvalue weighted by Crippen LogP contribution is -2.55. The van der Waals surface area contributed by atoms with E-state index in [1.165, 1.54) is 0 Å². The maximum Gasteiger partial charge on any atom is 0.408 e. The van der Waals surface area contributed by atoms with E-state index in [4.69, 9.17) is 9.47 Å². The van der Waals surface area contributed by atoms with Crippen LogP contribution in [0.3, 0.4) is 0 Å². The molecule has 4 rings (SSSR count). The van der Waals surface area contributed by atoms with Crippen LogP contribution in [0.15, 0.2) is 78.9 Å². The van der Waals surface area contributed by atoms with E-state index in [9.17, 15) is 29.4 Å². The Balaban J connectivity index is 1.35. The number of ether oxygens (including phenoxy) is 2. The van der Waals surface area contributed by atoms with Gasteiger partial charge in [-0.05, 0) is 27.8 Å². The highest BCUT2D eigenvalue weighted by Crippen LogP contribution is 2.44. The zero-order valence-electron chi connectivity index (χ0n) is 20.2. The molecule has 0 aromatic heterocycles. The minimum atomic E-state index is -2.05. The average Bonchev–Trinajstić information content (AvgIpc) is 3.26. The lowest BCUT2D eigenvalue weighted by atomic mass is 9.98. The van der Waals surface area contributed by atoms with Gasteiger partial charge in [0.25, 0.3) is 0 Å². The SMILES string of the molecule is O=C(N[C@H](CO)C(=O)NC(C(=O)O)C(=O)OCC1c2ccccc2-c2ccccc21)OCc1ccccc1. The van der Waals surface area contributed by atoms with E-state index in [2.05, 4.69) is 5.32 Å². The van der Waals surface area contributed by atoms with Gasteiger partial charge in [0.15, 0.2) is 0 Å². The quantitative estimate of drug-likeness (QED) is 0.236. The molecule has 2 atom stereocenters. The molecule has 196 valence electrons. The minimum absolute atomic E-state index is 0.0794. The van der Waals surface area contributed by atoms with Crippen molar-refractivity contribution in [1.29, 1.82) is 0 Å². The van der Waals surface area contributed by atoms with Crippen molar-refractivity contribution in [1.82, 2.24) is 10.6 Å². The van der Waals surface area contributed by atoms with E-state index in [1.807, 2.05) is 53.8 Å². The molecule has 1 aliphatic rings. The third-order valence-corrected chi connectivity index (χ3v) is 6.13. The van der Waals surface area contributed by atoms with E-state index >= 15 is 0 Å². The number of nitrogens with one attached hydrogen (secondary N) is 2. The van der Waals surface area contributed by atoms with Crippen molar-refractivity contribution in [3.63, 3.8) is 0 Å². The highest BCUT2D eigenvalue weighted by Gasteiger charge is 2.35. The molecule has 10 nitrogen and oxygen atoms in total. The first kappa shape index (κ1) is 26.4. The maximum absolute atomic E-state index is 12.7. The number of rotatable bonds is 10. The monoisotopic (exact) mass is 518 g/mol. The number of fused-ring (bicyclic) bond motifs is 3. The van der Waals surface area contributed by atoms with Crippen LogP contribution in [0.25, 0.3) is 11.1 Å². The van der Waals surface area contributed by atoms with Crippen LogP contribution in [-0.2, 0) is 30.5 Å². The standard InChI is InChI=1S/C28H26N2O8/c31-14-23(29-28(36)38-15-17-8-2-1-3-9-17)25(32)30-24(26(33)34)27(35)37-16-22-20-12-6-4-10-18(20)19-11-5-7-13-21(19)22/h1-13,22-24,31H,14-16H2,(H,29,36)(H,30,32)(H,33,34)/t23-,24?/m1/s1. The van der Waals surface area contributed by atoms with Crippen molar-refractivity contribution >= 4 is 23.9 Å². The normalized spacial score (nSPS) is 13.4. The maximum atomic E-state index is 12.7. The number of esters is 1. The number of carbonyl (C=O) groups excluding carboxylic acids is 3. The first-order valence-corrected chi connectivity index (χ1v) is 11.8. The van der Waals surface area contributed by atoms with Crippen LogP contribution in [-0.4, -0.2) is 59.4 Å². The van der Waals surface area contributed by atoms with Gasteiger partial charge in [-0.15, -0.1) is 0 Å². The van der Waals surface area contributed by atoms with Gasteiger partial charge in [-0.3, -0.25) is 4.79 Å². The molecule has 0 heterocycles. The van der Waals surface area contributed by atoms with Gasteiger partial charge in [0.05, 0.1) is 6.61 Å². The van der Waals surface area contributed by atoms with Crippen molar-refractivity contribution in [3.05, 3.63) is 95.6 Å². The van der Waals surface area contributed by atoms with Gasteiger partial charge in [-0.2, -0.15) is 0 Å². The molecule has 3 aromatic carbocycles. The third-order valence-electron chi connectivity index (χ3n) is 6.13. The molecule has 3 aromatic rings. The number of amides is 2. The number of alkyl carbamates (subject to hydrolysis) is 1. The van der Waals surface area contributed by atoms with E-state index in [1.54, 1.807) is 30.3 Å². The number of hydrogen-bond acceptors (Lipinski definition) is 7. The van der Waals surface area contributed by atoms with Crippen molar-refractivity contribution in [2.24, 2.45) is 0 Å². The van der Waals surface area contributed by atoms with Gasteiger partial charge < -0.3 is 30.3 Å². The fourth-order valence-corrected chi connectivity index (χ4v) is 4.25. The zero-order valence-corrected chi connectivity index (χ0v) is 20.2. The number of aliphatic hydroxyl groups is 1. The number of carboxylic acid groups (broad SMARTS) is 1. The molecule has 0 spiro atoms. The molecule has 2 amide bonds. The second kappa shape index (κ2) is 12.0. The Hall–Kier alpha value is -4.70. The Bertz CT molecular complexity index is 1280. The number of benzene rings is 3. The van der Waals surface area contributed by atoms with Crippen molar-refractivity contribution < 1.29 is 38.9 Å². The van der Waals surface area contributed by atoms with Gasteiger partial charge >= 0.3 is 18.0 Å². The summed E-state index contributed by atoms with van der Waals surface area (Å²) >= 11 is 0. The number of carboxylic acids is 1. The molecular formula is C28H26N2O8. The van der Waals surface area contributed by atoms with Crippen LogP contribution in [0.4, 0.5) is 4.79 Å². The molecule has 1 aliphatic carbocycles. The second-order valence-electron chi connectivity index (χ2n) is 8.58. The van der Waals surface area contributed by atoms with E-state index < -0.39 is 42.6 Å². The van der Waals surface area contributed by atoms with Gasteiger partial charge in [0.2, 0.25) is 11.9 Å². The highest BCUT2D eigenvalue weighted by atomic mass is 16.5. The topological polar surface area (TPSA) is 151 Å². The van der Waals surface area contributed by atoms with Crippen LogP contribution in [0, 0.1) is 0 Å². The van der Waals surface area contributed by atoms with Gasteiger partial charge in [-0.25, -0.2) is 14.4 Å². The Kier molecular flexibility index (Phi) is 8.34. The number of carbonyl (C=O) groups is 4. The fourth-order valence-electron chi connectivity index (χ4n) is 4.25. The molecule has 0 bridgehead atoms. The molecule has 0 fully saturated rings. The fraction of sp³-hybridized carbons (Fsp3) is 0.214. The van der Waals surface area contributed by atoms with Crippen LogP contribution in [0.1, 0.15) is 22.6 Å². The largest absolute Gasteiger partial charge is 0.479 e. The Morgan fingerprint density at radius 3 is 1.95 bits per heavy atom. The predicted molar refractivity (Wildman–Crippen MR) is 135 cm³/mol. The van der Waals surface area contributed by atoms with Crippen LogP contribution in [0.5, 0.6) is 0 Å². The van der Waals surface area contributed by atoms with Crippen LogP contribution in [0.2, 0.25) is 0 Å². The number of hydrogen-bond donors (Lipinski definition) is 4. The van der Waals surface area contributed by atoms with E-state index in [0.29, 0.717) is 5.56 Å². The molecule has 0 saturated heterocycles. The van der Waals surface area contributed by atoms with Crippen LogP contribution >= 0.6 is 0 Å². The lowest BCUT2D eigenvalue weighted by Gasteiger charge is -2.20. The Labute approximate surface area is 218 Å². The van der Waals surface area contributed by atoms with Gasteiger partial charge in [-0.1, -0.05) is 78.9 Å². The summed E-state index contributed by atoms with van der Waals surface area (Å²) < 4.78 is 10.4. The van der Waals surface area contributed by atoms with Crippen LogP contribution < -0.4 is 10.6 Å². The molecule has 0 aliphatic heterocycles. The second-order valence-corrected chi connectivity index (χ2v) is 8.58. The molecular weight excluding hydrogens is 492 g/mol. The molecule has 0 radical (unpaired) electrons. The van der Waals surface area contributed by atoms with Crippen molar-refractivity contribution in [2.45, 2.75) is 24.6 Å². The minimum Gasteiger partial charge on any atom is -0.479 e. The predicted octanol–water partition coefficient (Wildman–Crippen LogP) is 2.20. The molecule has 38 heavy (non-hydrogen) atoms. The summed E-state index contributed by atoms with van der Waals surface area (Å²) in [6.07, 6.45) is -1.00. The number of aliphatic carboxylic acids is 1. The first-order chi connectivity index (χ1) is 18.4. The lowest BCUT2D eigenvalue weighted by molar-refractivity contribution is -0.157. The van der Waals surface area contributed by atoms with Crippen molar-refractivity contribution in [2.75, 3.05) is 13.2 Å². The Morgan fingerprint density at radius 2 is 1.37 bits per heavy atom. The summed E-state index contributed by atoms with van der Waals surface area (Å²) in [6.45, 7) is -1.08. The number of aliphatic hydroxyl groups excluding tert-OH is 1. The van der Waals surface area contributed by atoms with E-state index in [-0.39, 0.29) is 19.1 Å². The third kappa shape index (κ3) is 5.98. The summed E-state index contributed by atoms with van der Waals surface area (Å²) in [6, 6.07) is 20.5. The molecule has 4 N–H and O–H groups in total. The summed E-state index contributed by atoms with van der Waals surface area (Å²) in [4.78, 5) is 49.1. The molecule has 0 saturated carbocycles. The highest BCUT2D eigenvalue weighted by molar-refractivity contribution is 6.02. The summed E-state index contributed by atoms with van der Waals surface area (Å²) in [5, 5.41) is 23.3. The zero-order chi connectivity index (χ0) is 27.1.